The van der Waals surface area contributed by atoms with Crippen LogP contribution in [0, 0.1) is 0 Å². The number of aromatic nitrogens is 3. The third kappa shape index (κ3) is 12.4. The molecule has 0 fully saturated rings. The quantitative estimate of drug-likeness (QED) is 0.165. The minimum Gasteiger partial charge on any atom is -0.445 e. The minimum absolute atomic E-state index is 0. The largest absolute Gasteiger partial charge is 1.00 e. The van der Waals surface area contributed by atoms with Gasteiger partial charge in [-0.25, -0.2) is 0 Å². The Bertz CT molecular complexity index is 811. The summed E-state index contributed by atoms with van der Waals surface area (Å²) >= 11 is 0. The van der Waals surface area contributed by atoms with Crippen molar-refractivity contribution in [3.63, 3.8) is 0 Å². The van der Waals surface area contributed by atoms with E-state index in [2.05, 4.69) is 24.0 Å². The Kier molecular flexibility index (Phi) is 19.7. The Hall–Kier alpha value is 1.60. The van der Waals surface area contributed by atoms with E-state index in [-0.39, 0.29) is 109 Å². The first kappa shape index (κ1) is 37.6. The SMILES string of the molecule is CCCCCCCCC(CCCCCCCC)n1nc2c([B-](F)(F)F)ccc([B-](F)(F)F)c2n1.[K+].[K+]. The van der Waals surface area contributed by atoms with Gasteiger partial charge < -0.3 is 25.9 Å². The van der Waals surface area contributed by atoms with Crippen LogP contribution in [0.25, 0.3) is 11.0 Å². The molecule has 0 unspecified atom stereocenters. The van der Waals surface area contributed by atoms with E-state index in [0.29, 0.717) is 25.0 Å². The zero-order valence-corrected chi connectivity index (χ0v) is 28.6. The van der Waals surface area contributed by atoms with Gasteiger partial charge in [-0.3, -0.25) is 0 Å². The van der Waals surface area contributed by atoms with Crippen LogP contribution in [0.2, 0.25) is 0 Å². The van der Waals surface area contributed by atoms with Gasteiger partial charge in [0.2, 0.25) is 0 Å². The molecule has 0 atom stereocenters. The van der Waals surface area contributed by atoms with E-state index in [1.54, 1.807) is 0 Å². The van der Waals surface area contributed by atoms with Crippen LogP contribution in [0.1, 0.15) is 110 Å². The van der Waals surface area contributed by atoms with Gasteiger partial charge in [-0.1, -0.05) is 114 Å². The molecule has 2 aromatic rings. The fraction of sp³-hybridized carbons (Fsp3) is 0.739. The number of benzene rings is 1. The summed E-state index contributed by atoms with van der Waals surface area (Å²) in [6, 6.07) is 0.706. The minimum atomic E-state index is -5.51. The summed E-state index contributed by atoms with van der Waals surface area (Å²) in [6.45, 7) is -6.74. The molecular formula is C23H37B2F6K2N3. The molecule has 194 valence electrons. The van der Waals surface area contributed by atoms with Gasteiger partial charge in [-0.2, -0.15) is 15.0 Å². The van der Waals surface area contributed by atoms with Crippen molar-refractivity contribution in [1.82, 2.24) is 15.0 Å². The second-order valence-corrected chi connectivity index (χ2v) is 9.38. The number of halogens is 6. The van der Waals surface area contributed by atoms with Crippen molar-refractivity contribution in [2.75, 3.05) is 0 Å². The monoisotopic (exact) mass is 569 g/mol. The Morgan fingerprint density at radius 2 is 0.944 bits per heavy atom. The Balaban J connectivity index is 0.00000612. The van der Waals surface area contributed by atoms with Gasteiger partial charge in [0.25, 0.3) is 0 Å². The third-order valence-corrected chi connectivity index (χ3v) is 6.43. The van der Waals surface area contributed by atoms with E-state index < -0.39 is 35.9 Å². The summed E-state index contributed by atoms with van der Waals surface area (Å²) in [5.74, 6) is 0. The molecular weight excluding hydrogens is 532 g/mol. The van der Waals surface area contributed by atoms with E-state index in [4.69, 9.17) is 0 Å². The molecule has 0 bridgehead atoms. The van der Waals surface area contributed by atoms with Gasteiger partial charge in [-0.15, -0.1) is 0 Å². The summed E-state index contributed by atoms with van der Waals surface area (Å²) in [7, 11) is 0. The Labute approximate surface area is 297 Å². The molecule has 2 rings (SSSR count). The van der Waals surface area contributed by atoms with Gasteiger partial charge in [0.1, 0.15) is 0 Å². The number of hydrogen-bond donors (Lipinski definition) is 0. The zero-order chi connectivity index (χ0) is 25.2. The van der Waals surface area contributed by atoms with Gasteiger partial charge in [0, 0.05) is 0 Å². The van der Waals surface area contributed by atoms with Crippen molar-refractivity contribution in [2.24, 2.45) is 0 Å². The van der Waals surface area contributed by atoms with Crippen LogP contribution < -0.4 is 114 Å². The molecule has 36 heavy (non-hydrogen) atoms. The standard InChI is InChI=1S/C23H37B2F6N3.2K/c1-3-5-7-9-11-13-15-19(16-14-12-10-8-6-4-2)34-32-22-20(24(26,27)28)17-18-21(23(22)33-34)25(29,30)31;;/h17-19H,3-16H2,1-2H3;;/q-2;2*+1. The first-order valence-electron chi connectivity index (χ1n) is 12.9. The molecule has 1 aromatic carbocycles. The summed E-state index contributed by atoms with van der Waals surface area (Å²) in [5, 5.41) is 8.04. The van der Waals surface area contributed by atoms with Crippen LogP contribution in [-0.2, 0) is 0 Å². The third-order valence-electron chi connectivity index (χ3n) is 6.43. The maximum absolute atomic E-state index is 13.6. The predicted octanol–water partition coefficient (Wildman–Crippen LogP) is 1.59. The van der Waals surface area contributed by atoms with Crippen LogP contribution in [0.3, 0.4) is 0 Å². The summed E-state index contributed by atoms with van der Waals surface area (Å²) in [5.41, 5.74) is -3.58. The Morgan fingerprint density at radius 1 is 0.611 bits per heavy atom. The second kappa shape index (κ2) is 18.9. The molecule has 0 aliphatic carbocycles. The van der Waals surface area contributed by atoms with Gasteiger partial charge in [-0.05, 0) is 12.8 Å². The average Bonchev–Trinajstić information content (AvgIpc) is 3.19. The molecule has 13 heteroatoms. The number of unbranched alkanes of at least 4 members (excludes halogenated alkanes) is 10. The fourth-order valence-corrected chi connectivity index (χ4v) is 4.44. The maximum Gasteiger partial charge on any atom is 1.00 e. The van der Waals surface area contributed by atoms with E-state index in [9.17, 15) is 25.9 Å². The topological polar surface area (TPSA) is 30.7 Å². The van der Waals surface area contributed by atoms with Crippen molar-refractivity contribution in [2.45, 2.75) is 110 Å². The first-order chi connectivity index (χ1) is 16.1. The van der Waals surface area contributed by atoms with Gasteiger partial charge >= 0.3 is 117 Å². The molecule has 0 spiro atoms. The molecule has 0 radical (unpaired) electrons. The van der Waals surface area contributed by atoms with Crippen LogP contribution in [0.15, 0.2) is 12.1 Å². The number of fused-ring (bicyclic) bond motifs is 1. The molecule has 1 aromatic heterocycles. The van der Waals surface area contributed by atoms with E-state index >= 15 is 0 Å². The molecule has 1 heterocycles. The second-order valence-electron chi connectivity index (χ2n) is 9.38. The van der Waals surface area contributed by atoms with Crippen LogP contribution in [0.5, 0.6) is 0 Å². The zero-order valence-electron chi connectivity index (χ0n) is 22.4. The van der Waals surface area contributed by atoms with Crippen molar-refractivity contribution in [3.05, 3.63) is 12.1 Å². The van der Waals surface area contributed by atoms with Crippen molar-refractivity contribution < 1.29 is 129 Å². The smallest absolute Gasteiger partial charge is 0.445 e. The number of rotatable bonds is 17. The maximum atomic E-state index is 13.6. The van der Waals surface area contributed by atoms with Crippen molar-refractivity contribution >= 4 is 35.9 Å². The van der Waals surface area contributed by atoms with Crippen LogP contribution in [0.4, 0.5) is 25.9 Å². The molecule has 3 nitrogen and oxygen atoms in total. The van der Waals surface area contributed by atoms with E-state index in [1.165, 1.54) is 0 Å². The van der Waals surface area contributed by atoms with E-state index in [1.807, 2.05) is 0 Å². The van der Waals surface area contributed by atoms with Gasteiger partial charge in [0.15, 0.2) is 0 Å². The van der Waals surface area contributed by atoms with Crippen LogP contribution in [-0.4, -0.2) is 28.9 Å². The molecule has 0 saturated heterocycles. The number of hydrogen-bond acceptors (Lipinski definition) is 2. The van der Waals surface area contributed by atoms with Crippen molar-refractivity contribution in [3.8, 4) is 0 Å². The molecule has 0 N–H and O–H groups in total. The number of nitrogens with zero attached hydrogens (tertiary/aromatic N) is 3. The summed E-state index contributed by atoms with van der Waals surface area (Å²) < 4.78 is 81.4. The van der Waals surface area contributed by atoms with Crippen molar-refractivity contribution in [1.29, 1.82) is 0 Å². The van der Waals surface area contributed by atoms with E-state index in [0.717, 1.165) is 81.8 Å². The summed E-state index contributed by atoms with van der Waals surface area (Å²) in [4.78, 5) is 1.15. The normalized spacial score (nSPS) is 12.1. The average molecular weight is 569 g/mol. The predicted molar refractivity (Wildman–Crippen MR) is 130 cm³/mol. The molecule has 0 saturated carbocycles. The first-order valence-corrected chi connectivity index (χ1v) is 12.9. The molecule has 0 amide bonds. The Morgan fingerprint density at radius 3 is 1.28 bits per heavy atom. The fourth-order valence-electron chi connectivity index (χ4n) is 4.44. The van der Waals surface area contributed by atoms with Gasteiger partial charge in [0.05, 0.1) is 17.1 Å². The molecule has 0 aliphatic heterocycles. The van der Waals surface area contributed by atoms with Crippen LogP contribution >= 0.6 is 0 Å². The molecule has 0 aliphatic rings. The summed E-state index contributed by atoms with van der Waals surface area (Å²) in [6.07, 6.45) is 14.0.